The van der Waals surface area contributed by atoms with Crippen molar-refractivity contribution in [2.24, 2.45) is 0 Å². The van der Waals surface area contributed by atoms with E-state index >= 15 is 0 Å². The predicted molar refractivity (Wildman–Crippen MR) is 264 cm³/mol. The zero-order valence-electron chi connectivity index (χ0n) is 46.5. The van der Waals surface area contributed by atoms with Gasteiger partial charge in [0.15, 0.2) is 50.3 Å². The summed E-state index contributed by atoms with van der Waals surface area (Å²) in [5, 5.41) is 277. The van der Waals surface area contributed by atoms with Crippen LogP contribution in [0.3, 0.4) is 0 Å². The fraction of sp³-hybridized carbons (Fsp3) is 1.00. The molecule has 0 spiro atoms. The molecule has 40 atom stereocenters. The first-order valence-electron chi connectivity index (χ1n) is 28.2. The van der Waals surface area contributed by atoms with Crippen LogP contribution in [0.25, 0.3) is 0 Å². The molecule has 8 fully saturated rings. The van der Waals surface area contributed by atoms with Crippen LogP contribution in [-0.4, -0.2) is 431 Å². The molecule has 41 nitrogen and oxygen atoms in total. The van der Waals surface area contributed by atoms with Crippen LogP contribution in [0.15, 0.2) is 0 Å². The molecule has 8 heterocycles. The van der Waals surface area contributed by atoms with Crippen molar-refractivity contribution in [3.63, 3.8) is 0 Å². The minimum absolute atomic E-state index is 0.843. The molecule has 0 radical (unpaired) electrons. The third kappa shape index (κ3) is 15.3. The Bertz CT molecular complexity index is 2120. The van der Waals surface area contributed by atoms with Crippen molar-refractivity contribution in [1.29, 1.82) is 0 Å². The normalized spacial score (nSPS) is 53.6. The first-order chi connectivity index (χ1) is 42.2. The van der Waals surface area contributed by atoms with Gasteiger partial charge in [-0.2, -0.15) is 0 Å². The number of rotatable bonds is 22. The Labute approximate surface area is 501 Å². The maximum Gasteiger partial charge on any atom is 0.187 e. The van der Waals surface area contributed by atoms with Gasteiger partial charge in [-0.25, -0.2) is 0 Å². The van der Waals surface area contributed by atoms with Crippen LogP contribution in [0.5, 0.6) is 0 Å². The first-order valence-corrected chi connectivity index (χ1v) is 28.2. The molecule has 0 aromatic carbocycles. The molecular formula is C48H82O41. The summed E-state index contributed by atoms with van der Waals surface area (Å²) in [7, 11) is 0. The molecule has 0 aromatic heterocycles. The van der Waals surface area contributed by atoms with Crippen LogP contribution in [0.1, 0.15) is 0 Å². The molecule has 0 aromatic rings. The van der Waals surface area contributed by atoms with Crippen molar-refractivity contribution in [3.05, 3.63) is 0 Å². The summed E-state index contributed by atoms with van der Waals surface area (Å²) in [5.41, 5.74) is 0. The highest BCUT2D eigenvalue weighted by Crippen LogP contribution is 2.38. The summed E-state index contributed by atoms with van der Waals surface area (Å²) < 4.78 is 84.1. The Morgan fingerprint density at radius 3 is 0.730 bits per heavy atom. The monoisotopic (exact) mass is 1310 g/mol. The molecule has 520 valence electrons. The Morgan fingerprint density at radius 1 is 0.191 bits per heavy atom. The van der Waals surface area contributed by atoms with Crippen molar-refractivity contribution in [2.45, 2.75) is 246 Å². The summed E-state index contributed by atoms with van der Waals surface area (Å²) in [6.07, 6.45) is -79.8. The molecule has 8 rings (SSSR count). The zero-order valence-corrected chi connectivity index (χ0v) is 46.5. The van der Waals surface area contributed by atoms with E-state index in [0.29, 0.717) is 0 Å². The van der Waals surface area contributed by atoms with E-state index in [-0.39, 0.29) is 0 Å². The number of aliphatic hydroxyl groups is 26. The molecule has 26 N–H and O–H groups in total. The van der Waals surface area contributed by atoms with Crippen molar-refractivity contribution in [1.82, 2.24) is 0 Å². The molecule has 41 heteroatoms. The molecule has 0 unspecified atom stereocenters. The highest BCUT2D eigenvalue weighted by Gasteiger charge is 2.59. The minimum Gasteiger partial charge on any atom is -0.394 e. The van der Waals surface area contributed by atoms with Crippen molar-refractivity contribution in [2.75, 3.05) is 52.9 Å². The fourth-order valence-electron chi connectivity index (χ4n) is 11.3. The lowest BCUT2D eigenvalue weighted by molar-refractivity contribution is -0.398. The van der Waals surface area contributed by atoms with Gasteiger partial charge in [0, 0.05) is 0 Å². The number of aliphatic hydroxyl groups excluding tert-OH is 26. The molecule has 8 aliphatic rings. The summed E-state index contributed by atoms with van der Waals surface area (Å²) >= 11 is 0. The zero-order chi connectivity index (χ0) is 65.4. The van der Waals surface area contributed by atoms with E-state index in [9.17, 15) is 133 Å². The first kappa shape index (κ1) is 73.2. The third-order valence-electron chi connectivity index (χ3n) is 16.6. The minimum atomic E-state index is -2.40. The topological polar surface area (TPSA) is 664 Å². The standard InChI is InChI=1S/C48H82O41/c49-1-9-17(55)20(58)29(67)42(78-9)75-7-15-19(57)22(60)30(68)43(83-15)76-8-16-40(89-47-34(72)26(64)37(12(4-52)82-47)86-44-31(69)21(59)18(56)10(2-50)79-44)27(65)35(73)48(84-16)88-39-14(6-54)81-46(33(71)25(39)63)87-38-13(5-53)80-45(32(70)24(38)62)85-36-11(3-51)77-41(74)28(66)23(36)61/h9-74H,1-8H2/t9-,10-,11-,12-,13-,14-,15-,16-,17+,18+,19+,20+,21+,22+,23-,24-,25-,26-,27-,28-,29-,30-,31-,32-,33-,34-,35-,36+,37+,38+,39+,40+,41-,42-,43-,44+,45+,46+,47+,48+/m1/s1. The summed E-state index contributed by atoms with van der Waals surface area (Å²) in [6.45, 7) is -7.88. The SMILES string of the molecule is OC[C@H]1O[C@@H](OC[C@H]2O[C@@H](OC[C@H]3O[C@@H](O[C@@H]4[C@H](O)[C@@H](O)[C@H](O[C@@H]5[C@H](O)[C@@H](O)[C@H](O[C@@H]6[C@H](O)[C@@H](O)[C@H](O)O[C@@H]6CO)O[C@@H]5CO)O[C@@H]4CO)[C@H](O)[C@@H](O)[C@H]3O[C@@H]3O[C@H](CO)[C@H](O[C@@H]4O[C@H](CO)[C@H](O)[C@H](O)[C@H]4O)[C@H](O)[C@H]3O)[C@H](O)[C@@H](O)[C@H]2O)[C@H](O)[C@@H](O)[C@H]1O. The van der Waals surface area contributed by atoms with Crippen LogP contribution < -0.4 is 0 Å². The second-order valence-corrected chi connectivity index (χ2v) is 22.5. The number of hydrogen-bond acceptors (Lipinski definition) is 41. The van der Waals surface area contributed by atoms with Crippen LogP contribution in [0.4, 0.5) is 0 Å². The predicted octanol–water partition coefficient (Wildman–Crippen LogP) is -18.5. The van der Waals surface area contributed by atoms with Crippen LogP contribution in [0, 0.1) is 0 Å². The maximum absolute atomic E-state index is 11.9. The second-order valence-electron chi connectivity index (χ2n) is 22.5. The van der Waals surface area contributed by atoms with E-state index in [1.165, 1.54) is 0 Å². The van der Waals surface area contributed by atoms with E-state index < -0.39 is 299 Å². The lowest BCUT2D eigenvalue weighted by Crippen LogP contribution is -2.68. The van der Waals surface area contributed by atoms with Gasteiger partial charge < -0.3 is 204 Å². The van der Waals surface area contributed by atoms with Crippen molar-refractivity contribution < 1.29 is 204 Å². The number of ether oxygens (including phenoxy) is 15. The Morgan fingerprint density at radius 2 is 0.404 bits per heavy atom. The molecule has 0 bridgehead atoms. The van der Waals surface area contributed by atoms with Crippen LogP contribution in [0.2, 0.25) is 0 Å². The molecular weight excluding hydrogens is 1230 g/mol. The summed E-state index contributed by atoms with van der Waals surface area (Å²) in [5.74, 6) is 0. The maximum atomic E-state index is 11.9. The van der Waals surface area contributed by atoms with Crippen LogP contribution in [-0.2, 0) is 71.1 Å². The Kier molecular flexibility index (Phi) is 25.9. The Hall–Kier alpha value is -1.64. The number of hydrogen-bond donors (Lipinski definition) is 26. The largest absolute Gasteiger partial charge is 0.394 e. The quantitative estimate of drug-likeness (QED) is 0.0479. The van der Waals surface area contributed by atoms with Gasteiger partial charge in [0.05, 0.1) is 52.9 Å². The van der Waals surface area contributed by atoms with E-state index in [1.54, 1.807) is 0 Å². The van der Waals surface area contributed by atoms with E-state index in [1.807, 2.05) is 0 Å². The Balaban J connectivity index is 0.985. The van der Waals surface area contributed by atoms with Crippen molar-refractivity contribution in [3.8, 4) is 0 Å². The fourth-order valence-corrected chi connectivity index (χ4v) is 11.3. The molecule has 8 aliphatic heterocycles. The van der Waals surface area contributed by atoms with Gasteiger partial charge in [0.2, 0.25) is 0 Å². The van der Waals surface area contributed by atoms with Gasteiger partial charge in [0.25, 0.3) is 0 Å². The molecule has 0 amide bonds. The average molecular weight is 1320 g/mol. The third-order valence-corrected chi connectivity index (χ3v) is 16.6. The lowest BCUT2D eigenvalue weighted by atomic mass is 9.95. The van der Waals surface area contributed by atoms with Gasteiger partial charge >= 0.3 is 0 Å². The van der Waals surface area contributed by atoms with Gasteiger partial charge in [0.1, 0.15) is 195 Å². The van der Waals surface area contributed by atoms with E-state index in [0.717, 1.165) is 0 Å². The average Bonchev–Trinajstić information content (AvgIpc) is 1.06. The van der Waals surface area contributed by atoms with Crippen LogP contribution >= 0.6 is 0 Å². The summed E-state index contributed by atoms with van der Waals surface area (Å²) in [4.78, 5) is 0. The molecule has 0 aliphatic carbocycles. The molecule has 89 heavy (non-hydrogen) atoms. The van der Waals surface area contributed by atoms with E-state index in [2.05, 4.69) is 0 Å². The summed E-state index contributed by atoms with van der Waals surface area (Å²) in [6, 6.07) is 0. The smallest absolute Gasteiger partial charge is 0.187 e. The van der Waals surface area contributed by atoms with Gasteiger partial charge in [-0.1, -0.05) is 0 Å². The van der Waals surface area contributed by atoms with Gasteiger partial charge in [-0.3, -0.25) is 0 Å². The van der Waals surface area contributed by atoms with Gasteiger partial charge in [-0.05, 0) is 0 Å². The molecule has 0 saturated carbocycles. The molecule has 8 saturated heterocycles. The van der Waals surface area contributed by atoms with Crippen molar-refractivity contribution >= 4 is 0 Å². The lowest BCUT2D eigenvalue weighted by Gasteiger charge is -2.50. The van der Waals surface area contributed by atoms with E-state index in [4.69, 9.17) is 71.1 Å². The van der Waals surface area contributed by atoms with Gasteiger partial charge in [-0.15, -0.1) is 0 Å². The highest BCUT2D eigenvalue weighted by atomic mass is 16.8. The second kappa shape index (κ2) is 31.5. The highest BCUT2D eigenvalue weighted by molar-refractivity contribution is 5.01.